The third-order valence-electron chi connectivity index (χ3n) is 7.04. The lowest BCUT2D eigenvalue weighted by atomic mass is 10.2. The first-order chi connectivity index (χ1) is 18.9. The van der Waals surface area contributed by atoms with Gasteiger partial charge in [-0.25, -0.2) is 4.48 Å². The van der Waals surface area contributed by atoms with Crippen LogP contribution in [0.3, 0.4) is 0 Å². The Kier molecular flexibility index (Phi) is 9.18. The highest BCUT2D eigenvalue weighted by Crippen LogP contribution is 2.57. The molecule has 1 saturated heterocycles. The second-order valence-corrected chi connectivity index (χ2v) is 16.9. The number of thiazole rings is 1. The predicted molar refractivity (Wildman–Crippen MR) is 167 cm³/mol. The number of aromatic nitrogens is 1. The Hall–Kier alpha value is -0.880. The minimum atomic E-state index is -4.03. The van der Waals surface area contributed by atoms with Crippen molar-refractivity contribution in [1.82, 2.24) is 9.96 Å². The summed E-state index contributed by atoms with van der Waals surface area (Å²) < 4.78 is 69.2. The van der Waals surface area contributed by atoms with Crippen LogP contribution in [0.4, 0.5) is 5.69 Å². The van der Waals surface area contributed by atoms with Crippen LogP contribution in [-0.4, -0.2) is 45.6 Å². The smallest absolute Gasteiger partial charge is 0.286 e. The maximum Gasteiger partial charge on any atom is 0.338 e. The molecule has 0 aliphatic carbocycles. The molecule has 1 spiro atoms. The van der Waals surface area contributed by atoms with E-state index in [0.29, 0.717) is 38.9 Å². The van der Waals surface area contributed by atoms with Gasteiger partial charge in [-0.3, -0.25) is 4.55 Å². The van der Waals surface area contributed by atoms with Crippen molar-refractivity contribution in [2.45, 2.75) is 49.4 Å². The lowest BCUT2D eigenvalue weighted by molar-refractivity contribution is -0.669. The summed E-state index contributed by atoms with van der Waals surface area (Å²) in [5, 5.41) is 1.02. The maximum atomic E-state index is 13.5. The lowest BCUT2D eigenvalue weighted by Crippen LogP contribution is -2.54. The first-order valence-corrected chi connectivity index (χ1v) is 19.0. The number of benzene rings is 2. The molecule has 1 aromatic heterocycles. The average molecular weight is 756 g/mol. The van der Waals surface area contributed by atoms with Crippen LogP contribution in [0.5, 0.6) is 0 Å². The van der Waals surface area contributed by atoms with Crippen LogP contribution in [-0.2, 0) is 31.1 Å². The molecule has 2 aromatic carbocycles. The van der Waals surface area contributed by atoms with Gasteiger partial charge >= 0.3 is 10.1 Å². The molecule has 9 nitrogen and oxygen atoms in total. The van der Waals surface area contributed by atoms with E-state index in [1.807, 2.05) is 36.4 Å². The Morgan fingerprint density at radius 2 is 1.90 bits per heavy atom. The summed E-state index contributed by atoms with van der Waals surface area (Å²) in [6.45, 7) is 3.30. The topological polar surface area (TPSA) is 114 Å². The highest BCUT2D eigenvalue weighted by Gasteiger charge is 2.59. The van der Waals surface area contributed by atoms with Gasteiger partial charge in [-0.1, -0.05) is 50.1 Å². The number of quaternary nitrogens is 1. The molecule has 15 heteroatoms. The van der Waals surface area contributed by atoms with Crippen molar-refractivity contribution >= 4 is 97.2 Å². The van der Waals surface area contributed by atoms with Gasteiger partial charge < -0.3 is 0 Å². The van der Waals surface area contributed by atoms with Gasteiger partial charge in [0, 0.05) is 46.9 Å². The van der Waals surface area contributed by atoms with E-state index < -0.39 is 25.6 Å². The Labute approximate surface area is 259 Å². The number of rotatable bonds is 10. The van der Waals surface area contributed by atoms with Gasteiger partial charge in [-0.15, -0.1) is 0 Å². The van der Waals surface area contributed by atoms with Crippen LogP contribution < -0.4 is 14.5 Å². The summed E-state index contributed by atoms with van der Waals surface area (Å²) in [5.41, 5.74) is 4.47. The minimum absolute atomic E-state index is 0.161. The molecule has 0 radical (unpaired) electrons. The van der Waals surface area contributed by atoms with Crippen molar-refractivity contribution in [3.8, 4) is 0 Å². The fourth-order valence-electron chi connectivity index (χ4n) is 5.39. The lowest BCUT2D eigenvalue weighted by Gasteiger charge is -2.34. The molecule has 3 heterocycles. The maximum absolute atomic E-state index is 13.5. The van der Waals surface area contributed by atoms with Crippen LogP contribution >= 0.6 is 55.0 Å². The summed E-state index contributed by atoms with van der Waals surface area (Å²) in [6.07, 6.45) is 4.14. The molecular formula is C25H29Br2N3O6S4+2. The number of hydrogen-bond acceptors (Lipinski definition) is 8. The molecule has 2 atom stereocenters. The van der Waals surface area contributed by atoms with E-state index in [9.17, 15) is 21.4 Å². The molecule has 1 fully saturated rings. The number of nitrogens with one attached hydrogen (secondary N) is 1. The molecule has 0 bridgehead atoms. The van der Waals surface area contributed by atoms with E-state index in [4.69, 9.17) is 4.28 Å². The van der Waals surface area contributed by atoms with Crippen LogP contribution in [0.15, 0.2) is 55.3 Å². The van der Waals surface area contributed by atoms with Crippen molar-refractivity contribution in [2.75, 3.05) is 18.8 Å². The van der Waals surface area contributed by atoms with Crippen molar-refractivity contribution in [1.29, 1.82) is 0 Å². The molecular weight excluding hydrogens is 726 g/mol. The molecule has 0 saturated carbocycles. The Balaban J connectivity index is 1.63. The summed E-state index contributed by atoms with van der Waals surface area (Å²) in [4.78, 5) is 1.00. The molecule has 3 aromatic rings. The largest absolute Gasteiger partial charge is 0.338 e. The molecule has 0 amide bonds. The third-order valence-corrected chi connectivity index (χ3v) is 12.8. The summed E-state index contributed by atoms with van der Waals surface area (Å²) in [5.74, 6) is -0.291. The molecule has 216 valence electrons. The number of halogens is 2. The number of hydrogen-bond donors (Lipinski definition) is 2. The van der Waals surface area contributed by atoms with E-state index in [2.05, 4.69) is 48.0 Å². The van der Waals surface area contributed by atoms with Crippen LogP contribution in [0.25, 0.3) is 16.3 Å². The van der Waals surface area contributed by atoms with E-state index in [1.54, 1.807) is 30.0 Å². The second-order valence-electron chi connectivity index (χ2n) is 9.66. The molecule has 2 aliphatic rings. The van der Waals surface area contributed by atoms with Gasteiger partial charge in [0.05, 0.1) is 23.3 Å². The van der Waals surface area contributed by atoms with Gasteiger partial charge in [0.25, 0.3) is 15.1 Å². The number of thioether (sulfide) groups is 1. The zero-order chi connectivity index (χ0) is 28.7. The first-order valence-electron chi connectivity index (χ1n) is 12.7. The second kappa shape index (κ2) is 12.0. The van der Waals surface area contributed by atoms with E-state index >= 15 is 0 Å². The van der Waals surface area contributed by atoms with E-state index in [1.165, 1.54) is 0 Å². The summed E-state index contributed by atoms with van der Waals surface area (Å²) in [7, 11) is -7.99. The molecule has 2 aliphatic heterocycles. The molecule has 2 unspecified atom stereocenters. The van der Waals surface area contributed by atoms with Crippen LogP contribution in [0.1, 0.15) is 37.6 Å². The van der Waals surface area contributed by atoms with Gasteiger partial charge in [0.1, 0.15) is 4.70 Å². The first kappa shape index (κ1) is 30.6. The number of fused-ring (bicyclic) bond motifs is 3. The zero-order valence-corrected chi connectivity index (χ0v) is 28.0. The quantitative estimate of drug-likeness (QED) is 0.0881. The SMILES string of the molecule is CCNOS(=O)(=O)C1CCC[N+]12C(=Cc1sc3ccc(Br)cc3[n+]1CCCCS(=O)(=O)O)Sc1ccc(Br)cc12. The normalized spacial score (nSPS) is 22.1. The number of aryl methyl sites for hydroxylation is 1. The molecule has 2 N–H and O–H groups in total. The fraction of sp³-hybridized carbons (Fsp3) is 0.400. The van der Waals surface area contributed by atoms with Gasteiger partial charge in [-0.05, 0) is 42.4 Å². The fourth-order valence-corrected chi connectivity index (χ4v) is 10.9. The van der Waals surface area contributed by atoms with Gasteiger partial charge in [0.15, 0.2) is 17.3 Å². The monoisotopic (exact) mass is 753 g/mol. The van der Waals surface area contributed by atoms with Crippen molar-refractivity contribution in [2.24, 2.45) is 0 Å². The number of unbranched alkanes of at least 4 members (excludes halogenated alkanes) is 1. The molecule has 5 rings (SSSR count). The van der Waals surface area contributed by atoms with Crippen LogP contribution in [0.2, 0.25) is 0 Å². The van der Waals surface area contributed by atoms with Crippen molar-refractivity contribution in [3.63, 3.8) is 0 Å². The Morgan fingerprint density at radius 3 is 2.65 bits per heavy atom. The van der Waals surface area contributed by atoms with Crippen molar-refractivity contribution in [3.05, 3.63) is 55.4 Å². The van der Waals surface area contributed by atoms with E-state index in [-0.39, 0.29) is 10.2 Å². The standard InChI is InChI=1S/C25H28Br2N3O6S4/c1-2-28-36-40(34,35)25-6-5-12-30(25)20-15-18(27)8-10-22(20)38-24(30)16-23-29(11-3-4-13-39(31,32)33)19-14-17(26)7-9-21(19)37-23/h7-10,14-16,25,28H,2-6,11-13H2,1H3/q+1/p+1. The third kappa shape index (κ3) is 6.10. The number of hydroxylamine groups is 1. The van der Waals surface area contributed by atoms with E-state index in [0.717, 1.165) is 46.2 Å². The Morgan fingerprint density at radius 1 is 1.15 bits per heavy atom. The summed E-state index contributed by atoms with van der Waals surface area (Å²) >= 11 is 10.3. The molecule has 40 heavy (non-hydrogen) atoms. The highest BCUT2D eigenvalue weighted by atomic mass is 79.9. The predicted octanol–water partition coefficient (Wildman–Crippen LogP) is 5.78. The summed E-state index contributed by atoms with van der Waals surface area (Å²) in [6, 6.07) is 12.0. The zero-order valence-electron chi connectivity index (χ0n) is 21.5. The number of nitrogens with zero attached hydrogens (tertiary/aromatic N) is 2. The minimum Gasteiger partial charge on any atom is -0.286 e. The van der Waals surface area contributed by atoms with Gasteiger partial charge in [0.2, 0.25) is 10.9 Å². The van der Waals surface area contributed by atoms with Crippen molar-refractivity contribution < 1.29 is 30.2 Å². The van der Waals surface area contributed by atoms with Gasteiger partial charge in [-0.2, -0.15) is 31.2 Å². The highest BCUT2D eigenvalue weighted by molar-refractivity contribution is 9.10. The average Bonchev–Trinajstić information content (AvgIpc) is 3.56. The van der Waals surface area contributed by atoms with Crippen LogP contribution in [0, 0.1) is 0 Å². The Bertz CT molecular complexity index is 1690.